The Morgan fingerprint density at radius 1 is 1.11 bits per heavy atom. The summed E-state index contributed by atoms with van der Waals surface area (Å²) in [6.07, 6.45) is 1.85. The highest BCUT2D eigenvalue weighted by Crippen LogP contribution is 2.30. The molecule has 3 aromatic carbocycles. The smallest absolute Gasteiger partial charge is 0.249 e. The van der Waals surface area contributed by atoms with Crippen molar-refractivity contribution in [1.29, 1.82) is 0 Å². The number of hydrogen-bond donors (Lipinski definition) is 1. The molecule has 4 aromatic rings. The number of carbonyl (C=O) groups is 2. The Bertz CT molecular complexity index is 1390. The lowest BCUT2D eigenvalue weighted by atomic mass is 10.0. The van der Waals surface area contributed by atoms with Gasteiger partial charge in [0.05, 0.1) is 18.7 Å². The van der Waals surface area contributed by atoms with Gasteiger partial charge in [-0.3, -0.25) is 14.5 Å². The number of nitrogens with zero attached hydrogens (tertiary/aromatic N) is 4. The van der Waals surface area contributed by atoms with E-state index in [0.29, 0.717) is 35.7 Å². The maximum atomic E-state index is 14.1. The quantitative estimate of drug-likeness (QED) is 0.365. The van der Waals surface area contributed by atoms with Gasteiger partial charge in [0.2, 0.25) is 11.8 Å². The first kappa shape index (κ1) is 25.4. The van der Waals surface area contributed by atoms with E-state index in [1.165, 1.54) is 4.90 Å². The fraction of sp³-hybridized carbons (Fsp3) is 0.310. The van der Waals surface area contributed by atoms with E-state index >= 15 is 0 Å². The molecule has 1 aromatic heterocycles. The molecule has 2 atom stereocenters. The molecular formula is C29H31N5O4. The molecule has 1 fully saturated rings. The summed E-state index contributed by atoms with van der Waals surface area (Å²) < 4.78 is 12.6. The average molecular weight is 514 g/mol. The van der Waals surface area contributed by atoms with Gasteiger partial charge in [-0.1, -0.05) is 47.2 Å². The molecule has 2 amide bonds. The Balaban J connectivity index is 1.53. The molecule has 9 heteroatoms. The molecule has 5 rings (SSSR count). The van der Waals surface area contributed by atoms with Gasteiger partial charge in [0.25, 0.3) is 0 Å². The molecule has 0 bridgehead atoms. The van der Waals surface area contributed by atoms with Gasteiger partial charge in [-0.15, -0.1) is 5.10 Å². The largest absolute Gasteiger partial charge is 0.497 e. The molecule has 1 saturated heterocycles. The number of amides is 2. The highest BCUT2D eigenvalue weighted by atomic mass is 16.5. The molecule has 1 N–H and O–H groups in total. The zero-order valence-corrected chi connectivity index (χ0v) is 21.5. The number of carbonyl (C=O) groups excluding carboxylic acids is 2. The van der Waals surface area contributed by atoms with Crippen molar-refractivity contribution in [2.24, 2.45) is 0 Å². The lowest BCUT2D eigenvalue weighted by Crippen LogP contribution is -2.46. The fourth-order valence-corrected chi connectivity index (χ4v) is 4.70. The molecule has 9 nitrogen and oxygen atoms in total. The minimum Gasteiger partial charge on any atom is -0.497 e. The van der Waals surface area contributed by atoms with Crippen molar-refractivity contribution >= 4 is 28.5 Å². The number of fused-ring (bicyclic) bond motifs is 1. The van der Waals surface area contributed by atoms with Crippen molar-refractivity contribution in [1.82, 2.24) is 20.3 Å². The van der Waals surface area contributed by atoms with Gasteiger partial charge in [-0.2, -0.15) is 0 Å². The Morgan fingerprint density at radius 3 is 2.58 bits per heavy atom. The number of ether oxygens (including phenoxy) is 2. The second-order valence-corrected chi connectivity index (χ2v) is 9.39. The van der Waals surface area contributed by atoms with Crippen LogP contribution in [0.25, 0.3) is 11.0 Å². The van der Waals surface area contributed by atoms with E-state index in [1.54, 1.807) is 36.1 Å². The van der Waals surface area contributed by atoms with Gasteiger partial charge < -0.3 is 14.8 Å². The van der Waals surface area contributed by atoms with Gasteiger partial charge in [-0.25, -0.2) is 4.68 Å². The van der Waals surface area contributed by atoms with Crippen molar-refractivity contribution in [3.8, 4) is 5.75 Å². The van der Waals surface area contributed by atoms with Gasteiger partial charge in [0.1, 0.15) is 23.9 Å². The summed E-state index contributed by atoms with van der Waals surface area (Å²) in [6, 6.07) is 21.3. The number of aryl methyl sites for hydroxylation is 1. The number of aromatic nitrogens is 3. The molecular weight excluding hydrogens is 482 g/mol. The summed E-state index contributed by atoms with van der Waals surface area (Å²) in [5.41, 5.74) is 3.76. The van der Waals surface area contributed by atoms with E-state index in [9.17, 15) is 9.59 Å². The molecule has 0 saturated carbocycles. The minimum absolute atomic E-state index is 0.0238. The third-order valence-electron chi connectivity index (χ3n) is 6.75. The molecule has 1 aliphatic heterocycles. The Morgan fingerprint density at radius 2 is 1.87 bits per heavy atom. The van der Waals surface area contributed by atoms with Crippen LogP contribution in [0.1, 0.15) is 30.0 Å². The van der Waals surface area contributed by atoms with Crippen LogP contribution in [0.4, 0.5) is 5.69 Å². The first-order chi connectivity index (χ1) is 18.5. The van der Waals surface area contributed by atoms with E-state index < -0.39 is 6.04 Å². The SMILES string of the molecule is COc1ccc(N(C(=O)Cn2nnc3ccccc32)[C@@H](C(=O)NC[C@@H]2CCCO2)c2ccc(C)cc2)cc1. The van der Waals surface area contributed by atoms with Gasteiger partial charge in [0.15, 0.2) is 0 Å². The number of hydrogen-bond acceptors (Lipinski definition) is 6. The number of methoxy groups -OCH3 is 1. The fourth-order valence-electron chi connectivity index (χ4n) is 4.70. The van der Waals surface area contributed by atoms with Crippen LogP contribution in [0.2, 0.25) is 0 Å². The Hall–Kier alpha value is -4.24. The molecule has 38 heavy (non-hydrogen) atoms. The summed E-state index contributed by atoms with van der Waals surface area (Å²) in [7, 11) is 1.58. The number of benzene rings is 3. The van der Waals surface area contributed by atoms with Crippen LogP contribution >= 0.6 is 0 Å². The summed E-state index contributed by atoms with van der Waals surface area (Å²) in [5.74, 6) is 0.0683. The topological polar surface area (TPSA) is 98.6 Å². The Kier molecular flexibility index (Phi) is 7.65. The number of nitrogens with one attached hydrogen (secondary N) is 1. The molecule has 0 aliphatic carbocycles. The van der Waals surface area contributed by atoms with Crippen LogP contribution in [-0.4, -0.2) is 53.2 Å². The van der Waals surface area contributed by atoms with Crippen LogP contribution in [0.5, 0.6) is 5.75 Å². The second kappa shape index (κ2) is 11.4. The molecule has 1 aliphatic rings. The predicted molar refractivity (Wildman–Crippen MR) is 144 cm³/mol. The molecule has 2 heterocycles. The Labute approximate surface area is 221 Å². The highest BCUT2D eigenvalue weighted by molar-refractivity contribution is 6.01. The van der Waals surface area contributed by atoms with Crippen LogP contribution in [-0.2, 0) is 20.9 Å². The predicted octanol–water partition coefficient (Wildman–Crippen LogP) is 3.82. The standard InChI is InChI=1S/C29H31N5O4/c1-20-9-11-21(12-10-20)28(29(36)30-18-24-6-5-17-38-24)34(22-13-15-23(37-2)16-14-22)27(35)19-33-26-8-4-3-7-25(26)31-32-33/h3-4,7-16,24,28H,5-6,17-19H2,1-2H3,(H,30,36)/t24-,28+/m0/s1. The lowest BCUT2D eigenvalue weighted by molar-refractivity contribution is -0.127. The maximum absolute atomic E-state index is 14.1. The summed E-state index contributed by atoms with van der Waals surface area (Å²) >= 11 is 0. The molecule has 0 spiro atoms. The van der Waals surface area contributed by atoms with Crippen LogP contribution in [0.15, 0.2) is 72.8 Å². The molecule has 196 valence electrons. The maximum Gasteiger partial charge on any atom is 0.249 e. The van der Waals surface area contributed by atoms with E-state index in [2.05, 4.69) is 15.6 Å². The monoisotopic (exact) mass is 513 g/mol. The number of rotatable bonds is 9. The third-order valence-corrected chi connectivity index (χ3v) is 6.75. The highest BCUT2D eigenvalue weighted by Gasteiger charge is 2.34. The zero-order chi connectivity index (χ0) is 26.5. The van der Waals surface area contributed by atoms with Crippen LogP contribution in [0.3, 0.4) is 0 Å². The first-order valence-corrected chi connectivity index (χ1v) is 12.7. The average Bonchev–Trinajstić information content (AvgIpc) is 3.61. The molecule has 0 radical (unpaired) electrons. The van der Waals surface area contributed by atoms with E-state index in [0.717, 1.165) is 23.9 Å². The summed E-state index contributed by atoms with van der Waals surface area (Å²) in [6.45, 7) is 2.98. The number of para-hydroxylation sites is 1. The zero-order valence-electron chi connectivity index (χ0n) is 21.5. The normalized spacial score (nSPS) is 15.8. The van der Waals surface area contributed by atoms with Crippen molar-refractivity contribution in [3.63, 3.8) is 0 Å². The first-order valence-electron chi connectivity index (χ1n) is 12.7. The van der Waals surface area contributed by atoms with Crippen molar-refractivity contribution in [2.45, 2.75) is 38.5 Å². The summed E-state index contributed by atoms with van der Waals surface area (Å²) in [5, 5.41) is 11.4. The minimum atomic E-state index is -0.910. The van der Waals surface area contributed by atoms with E-state index in [4.69, 9.17) is 9.47 Å². The van der Waals surface area contributed by atoms with Crippen LogP contribution < -0.4 is 15.0 Å². The van der Waals surface area contributed by atoms with Crippen molar-refractivity contribution in [3.05, 3.63) is 83.9 Å². The van der Waals surface area contributed by atoms with E-state index in [1.807, 2.05) is 55.5 Å². The van der Waals surface area contributed by atoms with Crippen molar-refractivity contribution in [2.75, 3.05) is 25.2 Å². The molecule has 0 unspecified atom stereocenters. The van der Waals surface area contributed by atoms with E-state index in [-0.39, 0.29) is 24.5 Å². The third kappa shape index (κ3) is 5.52. The van der Waals surface area contributed by atoms with Gasteiger partial charge in [0, 0.05) is 18.8 Å². The summed E-state index contributed by atoms with van der Waals surface area (Å²) in [4.78, 5) is 29.4. The lowest BCUT2D eigenvalue weighted by Gasteiger charge is -2.32. The van der Waals surface area contributed by atoms with Crippen LogP contribution in [0, 0.1) is 6.92 Å². The van der Waals surface area contributed by atoms with Crippen molar-refractivity contribution < 1.29 is 19.1 Å². The van der Waals surface area contributed by atoms with Gasteiger partial charge in [-0.05, 0) is 61.7 Å². The second-order valence-electron chi connectivity index (χ2n) is 9.39. The van der Waals surface area contributed by atoms with Gasteiger partial charge >= 0.3 is 0 Å². The number of anilines is 1.